The third kappa shape index (κ3) is 2.28. The van der Waals surface area contributed by atoms with Gasteiger partial charge in [0.25, 0.3) is 0 Å². The van der Waals surface area contributed by atoms with Gasteiger partial charge in [0.2, 0.25) is 5.88 Å². The lowest BCUT2D eigenvalue weighted by atomic mass is 9.96. The van der Waals surface area contributed by atoms with Gasteiger partial charge in [-0.05, 0) is 42.7 Å². The average Bonchev–Trinajstić information content (AvgIpc) is 3.18. The van der Waals surface area contributed by atoms with Gasteiger partial charge < -0.3 is 9.47 Å². The first-order chi connectivity index (χ1) is 11.7. The lowest BCUT2D eigenvalue weighted by molar-refractivity contribution is 0.204. The minimum absolute atomic E-state index is 0.176. The highest BCUT2D eigenvalue weighted by atomic mass is 16.5. The normalized spacial score (nSPS) is 15.9. The number of aromatic amines is 1. The number of benzene rings is 1. The first kappa shape index (κ1) is 14.6. The molecule has 0 unspecified atom stereocenters. The molecule has 2 aromatic heterocycles. The van der Waals surface area contributed by atoms with Crippen LogP contribution in [-0.2, 0) is 6.42 Å². The molecule has 1 aromatic carbocycles. The Morgan fingerprint density at radius 3 is 3.04 bits per heavy atom. The number of aromatic nitrogens is 3. The molecule has 2 radical (unpaired) electrons. The van der Waals surface area contributed by atoms with Crippen LogP contribution in [0.2, 0.25) is 0 Å². The van der Waals surface area contributed by atoms with Crippen LogP contribution in [0.5, 0.6) is 11.6 Å². The van der Waals surface area contributed by atoms with E-state index in [9.17, 15) is 0 Å². The van der Waals surface area contributed by atoms with Crippen LogP contribution in [-0.4, -0.2) is 30.1 Å². The fourth-order valence-corrected chi connectivity index (χ4v) is 3.05. The predicted octanol–water partition coefficient (Wildman–Crippen LogP) is 1.70. The van der Waals surface area contributed by atoms with Gasteiger partial charge in [0, 0.05) is 5.59 Å². The van der Waals surface area contributed by atoms with Gasteiger partial charge in [0.15, 0.2) is 0 Å². The van der Waals surface area contributed by atoms with Crippen LogP contribution in [0.4, 0.5) is 0 Å². The second-order valence-corrected chi connectivity index (χ2v) is 5.66. The minimum Gasteiger partial charge on any atom is -0.484 e. The molecular formula is C17H13BN4O2. The van der Waals surface area contributed by atoms with Crippen LogP contribution >= 0.6 is 0 Å². The second-order valence-electron chi connectivity index (χ2n) is 5.66. The molecule has 7 heteroatoms. The summed E-state index contributed by atoms with van der Waals surface area (Å²) in [5.74, 6) is 1.24. The number of ether oxygens (including phenoxy) is 2. The Balaban J connectivity index is 1.66. The largest absolute Gasteiger partial charge is 0.484 e. The zero-order valence-corrected chi connectivity index (χ0v) is 13.0. The topological polar surface area (TPSA) is 83.8 Å². The van der Waals surface area contributed by atoms with Crippen molar-refractivity contribution in [2.75, 3.05) is 7.11 Å². The molecule has 0 amide bonds. The van der Waals surface area contributed by atoms with E-state index >= 15 is 0 Å². The quantitative estimate of drug-likeness (QED) is 0.744. The fraction of sp³-hybridized carbons (Fsp3) is 0.235. The summed E-state index contributed by atoms with van der Waals surface area (Å²) in [6.45, 7) is 0. The second kappa shape index (κ2) is 5.57. The molecule has 1 atom stereocenters. The number of hydrogen-bond donors (Lipinski definition) is 1. The maximum absolute atomic E-state index is 9.06. The summed E-state index contributed by atoms with van der Waals surface area (Å²) in [5, 5.41) is 16.9. The van der Waals surface area contributed by atoms with Crippen LogP contribution in [0.3, 0.4) is 0 Å². The number of methoxy groups -OCH3 is 1. The van der Waals surface area contributed by atoms with E-state index in [1.165, 1.54) is 0 Å². The van der Waals surface area contributed by atoms with E-state index in [1.54, 1.807) is 7.11 Å². The molecule has 24 heavy (non-hydrogen) atoms. The Morgan fingerprint density at radius 1 is 1.38 bits per heavy atom. The lowest BCUT2D eigenvalue weighted by Crippen LogP contribution is -2.18. The summed E-state index contributed by atoms with van der Waals surface area (Å²) in [6, 6.07) is 9.55. The van der Waals surface area contributed by atoms with E-state index in [0.717, 1.165) is 35.0 Å². The average molecular weight is 316 g/mol. The van der Waals surface area contributed by atoms with Gasteiger partial charge in [-0.2, -0.15) is 5.26 Å². The molecular weight excluding hydrogens is 303 g/mol. The Bertz CT molecular complexity index is 977. The third-order valence-electron chi connectivity index (χ3n) is 4.24. The standard InChI is InChI=1S/C17H13BN4O2/c1-23-17-12-7-11(3-4-13(12)21-22-17)24-14-5-2-9-6-10(8-19)16(18)20-15(9)14/h3-4,6-7,14H,2,5H2,1H3,(H,21,22)/t14-/m1/s1. The van der Waals surface area contributed by atoms with Gasteiger partial charge in [0.05, 0.1) is 29.3 Å². The first-order valence-corrected chi connectivity index (χ1v) is 7.57. The van der Waals surface area contributed by atoms with Gasteiger partial charge in [-0.25, -0.2) is 0 Å². The van der Waals surface area contributed by atoms with Crippen molar-refractivity contribution < 1.29 is 9.47 Å². The first-order valence-electron chi connectivity index (χ1n) is 7.57. The monoisotopic (exact) mass is 316 g/mol. The summed E-state index contributed by atoms with van der Waals surface area (Å²) in [5.41, 5.74) is 3.38. The highest BCUT2D eigenvalue weighted by molar-refractivity contribution is 6.32. The summed E-state index contributed by atoms with van der Waals surface area (Å²) >= 11 is 0. The van der Waals surface area contributed by atoms with E-state index in [1.807, 2.05) is 24.3 Å². The van der Waals surface area contributed by atoms with E-state index in [4.69, 9.17) is 22.6 Å². The molecule has 116 valence electrons. The molecule has 1 aliphatic carbocycles. The summed E-state index contributed by atoms with van der Waals surface area (Å²) in [4.78, 5) is 4.38. The van der Waals surface area contributed by atoms with Crippen molar-refractivity contribution in [3.8, 4) is 17.7 Å². The summed E-state index contributed by atoms with van der Waals surface area (Å²) in [7, 11) is 7.42. The number of nitriles is 1. The Kier molecular flexibility index (Phi) is 3.38. The number of rotatable bonds is 3. The Morgan fingerprint density at radius 2 is 2.25 bits per heavy atom. The molecule has 1 N–H and O–H groups in total. The molecule has 0 aliphatic heterocycles. The Hall–Kier alpha value is -3.01. The van der Waals surface area contributed by atoms with Crippen molar-refractivity contribution in [2.45, 2.75) is 18.9 Å². The molecule has 6 nitrogen and oxygen atoms in total. The van der Waals surface area contributed by atoms with Crippen LogP contribution in [0.25, 0.3) is 10.9 Å². The third-order valence-corrected chi connectivity index (χ3v) is 4.24. The maximum Gasteiger partial charge on any atom is 0.240 e. The highest BCUT2D eigenvalue weighted by Crippen LogP contribution is 2.35. The maximum atomic E-state index is 9.06. The molecule has 0 saturated carbocycles. The molecule has 4 rings (SSSR count). The molecule has 0 saturated heterocycles. The van der Waals surface area contributed by atoms with Crippen molar-refractivity contribution in [3.05, 3.63) is 41.1 Å². The van der Waals surface area contributed by atoms with Crippen LogP contribution in [0.1, 0.15) is 29.3 Å². The van der Waals surface area contributed by atoms with E-state index < -0.39 is 0 Å². The van der Waals surface area contributed by atoms with Gasteiger partial charge in [-0.3, -0.25) is 10.1 Å². The summed E-state index contributed by atoms with van der Waals surface area (Å²) < 4.78 is 11.3. The molecule has 0 spiro atoms. The number of nitrogens with zero attached hydrogens (tertiary/aromatic N) is 3. The SMILES string of the molecule is [B]c1nc2c(cc1C#N)CC[C@H]2Oc1ccc2[nH]nc(OC)c2c1. The van der Waals surface area contributed by atoms with Gasteiger partial charge in [-0.15, -0.1) is 5.10 Å². The smallest absolute Gasteiger partial charge is 0.240 e. The van der Waals surface area contributed by atoms with Crippen LogP contribution in [0, 0.1) is 11.3 Å². The zero-order chi connectivity index (χ0) is 16.7. The van der Waals surface area contributed by atoms with E-state index in [-0.39, 0.29) is 11.7 Å². The fourth-order valence-electron chi connectivity index (χ4n) is 3.05. The molecule has 3 aromatic rings. The van der Waals surface area contributed by atoms with Crippen LogP contribution < -0.4 is 15.1 Å². The van der Waals surface area contributed by atoms with E-state index in [0.29, 0.717) is 17.2 Å². The molecule has 0 bridgehead atoms. The van der Waals surface area contributed by atoms with Crippen molar-refractivity contribution in [1.29, 1.82) is 5.26 Å². The van der Waals surface area contributed by atoms with Crippen molar-refractivity contribution in [3.63, 3.8) is 0 Å². The van der Waals surface area contributed by atoms with Crippen molar-refractivity contribution in [2.24, 2.45) is 0 Å². The van der Waals surface area contributed by atoms with Gasteiger partial charge in [0.1, 0.15) is 25.8 Å². The lowest BCUT2D eigenvalue weighted by Gasteiger charge is -2.15. The number of H-pyrrole nitrogens is 1. The molecule has 2 heterocycles. The number of aryl methyl sites for hydroxylation is 1. The van der Waals surface area contributed by atoms with E-state index in [2.05, 4.69) is 21.3 Å². The predicted molar refractivity (Wildman–Crippen MR) is 88.7 cm³/mol. The number of fused-ring (bicyclic) bond motifs is 2. The highest BCUT2D eigenvalue weighted by Gasteiger charge is 2.27. The van der Waals surface area contributed by atoms with Crippen LogP contribution in [0.15, 0.2) is 24.3 Å². The minimum atomic E-state index is -0.176. The number of hydrogen-bond acceptors (Lipinski definition) is 5. The molecule has 0 fully saturated rings. The molecule has 1 aliphatic rings. The van der Waals surface area contributed by atoms with Gasteiger partial charge >= 0.3 is 0 Å². The number of pyridine rings is 1. The Labute approximate surface area is 139 Å². The van der Waals surface area contributed by atoms with Crippen molar-refractivity contribution in [1.82, 2.24) is 15.2 Å². The zero-order valence-electron chi connectivity index (χ0n) is 13.0. The number of nitrogens with one attached hydrogen (secondary N) is 1. The summed E-state index contributed by atoms with van der Waals surface area (Å²) in [6.07, 6.45) is 1.45. The van der Waals surface area contributed by atoms with Crippen molar-refractivity contribution >= 4 is 24.3 Å². The van der Waals surface area contributed by atoms with Gasteiger partial charge in [-0.1, -0.05) is 0 Å².